The van der Waals surface area contributed by atoms with Crippen molar-refractivity contribution in [2.45, 2.75) is 31.9 Å². The highest BCUT2D eigenvalue weighted by molar-refractivity contribution is 5.81. The molecule has 5 nitrogen and oxygen atoms in total. The number of nitrogens with zero attached hydrogens (tertiary/aromatic N) is 4. The topological polar surface area (TPSA) is 42.7 Å². The molecule has 0 bridgehead atoms. The second-order valence-electron chi connectivity index (χ2n) is 7.01. The van der Waals surface area contributed by atoms with Gasteiger partial charge in [-0.05, 0) is 43.4 Å². The van der Waals surface area contributed by atoms with E-state index in [-0.39, 0.29) is 12.3 Å². The molecule has 0 saturated carbocycles. The van der Waals surface area contributed by atoms with E-state index >= 15 is 0 Å². The number of hydrogen-bond donors (Lipinski definition) is 0. The quantitative estimate of drug-likeness (QED) is 0.673. The monoisotopic (exact) mass is 378 g/mol. The maximum atomic E-state index is 12.4. The molecule has 0 radical (unpaired) electrons. The number of methoxy groups -OCH3 is 1. The average molecular weight is 378 g/mol. The molecule has 144 valence electrons. The smallest absolute Gasteiger partial charge is 0.389 e. The Labute approximate surface area is 154 Å². The van der Waals surface area contributed by atoms with Gasteiger partial charge in [0, 0.05) is 31.8 Å². The van der Waals surface area contributed by atoms with Crippen LogP contribution >= 0.6 is 0 Å². The Hall–Kier alpha value is -2.51. The van der Waals surface area contributed by atoms with Gasteiger partial charge in [-0.2, -0.15) is 18.2 Å². The van der Waals surface area contributed by atoms with Crippen LogP contribution in [0.4, 0.5) is 19.0 Å². The lowest BCUT2D eigenvalue weighted by Gasteiger charge is -2.32. The molecular formula is C19H21F3N4O. The minimum absolute atomic E-state index is 0.132. The number of fused-ring (bicyclic) bond motifs is 3. The van der Waals surface area contributed by atoms with Crippen molar-refractivity contribution in [1.82, 2.24) is 14.4 Å². The average Bonchev–Trinajstić information content (AvgIpc) is 3.02. The number of halogens is 3. The number of rotatable bonds is 4. The van der Waals surface area contributed by atoms with Gasteiger partial charge in [0.05, 0.1) is 18.1 Å². The van der Waals surface area contributed by atoms with Gasteiger partial charge in [-0.25, -0.2) is 4.98 Å². The number of hydrogen-bond acceptors (Lipinski definition) is 4. The zero-order chi connectivity index (χ0) is 19.0. The molecule has 1 aliphatic heterocycles. The Morgan fingerprint density at radius 3 is 2.63 bits per heavy atom. The summed E-state index contributed by atoms with van der Waals surface area (Å²) in [5.74, 6) is 2.30. The maximum absolute atomic E-state index is 12.4. The Morgan fingerprint density at radius 2 is 1.93 bits per heavy atom. The number of piperidine rings is 1. The third-order valence-corrected chi connectivity index (χ3v) is 5.24. The zero-order valence-corrected chi connectivity index (χ0v) is 15.0. The first-order valence-electron chi connectivity index (χ1n) is 9.07. The summed E-state index contributed by atoms with van der Waals surface area (Å²) >= 11 is 0. The molecule has 0 atom stereocenters. The van der Waals surface area contributed by atoms with Crippen molar-refractivity contribution in [2.24, 2.45) is 5.92 Å². The fourth-order valence-corrected chi connectivity index (χ4v) is 3.69. The SMILES string of the molecule is COc1ccc2c(c1)nc1nc(N3CCC(CCC(F)(F)F)CC3)ccn12. The van der Waals surface area contributed by atoms with E-state index in [1.807, 2.05) is 34.9 Å². The van der Waals surface area contributed by atoms with Gasteiger partial charge < -0.3 is 9.64 Å². The van der Waals surface area contributed by atoms with E-state index in [0.717, 1.165) is 48.5 Å². The second-order valence-corrected chi connectivity index (χ2v) is 7.01. The van der Waals surface area contributed by atoms with Crippen LogP contribution in [0.3, 0.4) is 0 Å². The van der Waals surface area contributed by atoms with Crippen molar-refractivity contribution in [1.29, 1.82) is 0 Å². The van der Waals surface area contributed by atoms with Crippen LogP contribution in [0.25, 0.3) is 16.8 Å². The highest BCUT2D eigenvalue weighted by Crippen LogP contribution is 2.30. The zero-order valence-electron chi connectivity index (χ0n) is 15.0. The largest absolute Gasteiger partial charge is 0.497 e. The van der Waals surface area contributed by atoms with E-state index < -0.39 is 12.6 Å². The summed E-state index contributed by atoms with van der Waals surface area (Å²) < 4.78 is 44.4. The van der Waals surface area contributed by atoms with Crippen LogP contribution < -0.4 is 9.64 Å². The van der Waals surface area contributed by atoms with Gasteiger partial charge in [0.25, 0.3) is 0 Å². The first-order chi connectivity index (χ1) is 12.9. The molecule has 0 amide bonds. The summed E-state index contributed by atoms with van der Waals surface area (Å²) in [7, 11) is 1.62. The standard InChI is InChI=1S/C19H21F3N4O/c1-27-14-2-3-16-15(12-14)23-18-24-17(7-11-26(16)18)25-9-5-13(6-10-25)4-8-19(20,21)22/h2-3,7,11-13H,4-6,8-10H2,1H3. The summed E-state index contributed by atoms with van der Waals surface area (Å²) in [5.41, 5.74) is 1.76. The minimum Gasteiger partial charge on any atom is -0.497 e. The molecule has 0 aliphatic carbocycles. The summed E-state index contributed by atoms with van der Waals surface area (Å²) in [6, 6.07) is 7.64. The summed E-state index contributed by atoms with van der Waals surface area (Å²) in [4.78, 5) is 11.4. The van der Waals surface area contributed by atoms with Crippen LogP contribution in [0.1, 0.15) is 25.7 Å². The van der Waals surface area contributed by atoms with Crippen LogP contribution in [-0.2, 0) is 0 Å². The van der Waals surface area contributed by atoms with Gasteiger partial charge >= 0.3 is 6.18 Å². The Kier molecular flexibility index (Phi) is 4.57. The highest BCUT2D eigenvalue weighted by Gasteiger charge is 2.29. The molecule has 0 unspecified atom stereocenters. The van der Waals surface area contributed by atoms with E-state index in [0.29, 0.717) is 5.78 Å². The molecule has 0 N–H and O–H groups in total. The molecule has 3 heterocycles. The number of imidazole rings is 1. The first-order valence-corrected chi connectivity index (χ1v) is 9.07. The van der Waals surface area contributed by atoms with Gasteiger partial charge in [0.1, 0.15) is 11.6 Å². The van der Waals surface area contributed by atoms with E-state index in [2.05, 4.69) is 14.9 Å². The van der Waals surface area contributed by atoms with Crippen molar-refractivity contribution in [3.63, 3.8) is 0 Å². The van der Waals surface area contributed by atoms with Gasteiger partial charge in [0.15, 0.2) is 0 Å². The first kappa shape index (κ1) is 17.9. The van der Waals surface area contributed by atoms with Crippen LogP contribution in [0, 0.1) is 5.92 Å². The van der Waals surface area contributed by atoms with Crippen molar-refractivity contribution in [2.75, 3.05) is 25.1 Å². The fourth-order valence-electron chi connectivity index (χ4n) is 3.69. The molecule has 1 fully saturated rings. The molecule has 27 heavy (non-hydrogen) atoms. The Balaban J connectivity index is 1.49. The molecule has 3 aromatic rings. The molecule has 8 heteroatoms. The number of ether oxygens (including phenoxy) is 1. The van der Waals surface area contributed by atoms with Gasteiger partial charge in [-0.15, -0.1) is 0 Å². The molecule has 2 aromatic heterocycles. The molecule has 4 rings (SSSR count). The summed E-state index contributed by atoms with van der Waals surface area (Å²) in [6.45, 7) is 1.44. The lowest BCUT2D eigenvalue weighted by molar-refractivity contribution is -0.137. The third kappa shape index (κ3) is 3.79. The number of benzene rings is 1. The molecular weight excluding hydrogens is 357 g/mol. The molecule has 1 aromatic carbocycles. The van der Waals surface area contributed by atoms with Gasteiger partial charge in [-0.3, -0.25) is 4.40 Å². The third-order valence-electron chi connectivity index (χ3n) is 5.24. The minimum atomic E-state index is -4.06. The number of aromatic nitrogens is 3. The molecule has 0 spiro atoms. The van der Waals surface area contributed by atoms with Crippen LogP contribution in [0.15, 0.2) is 30.5 Å². The van der Waals surface area contributed by atoms with Gasteiger partial charge in [0.2, 0.25) is 5.78 Å². The normalized spacial score (nSPS) is 16.4. The lowest BCUT2D eigenvalue weighted by Crippen LogP contribution is -2.34. The molecule has 1 aliphatic rings. The second kappa shape index (κ2) is 6.90. The van der Waals surface area contributed by atoms with Crippen molar-refractivity contribution >= 4 is 22.6 Å². The van der Waals surface area contributed by atoms with E-state index in [4.69, 9.17) is 4.74 Å². The van der Waals surface area contributed by atoms with Crippen molar-refractivity contribution in [3.8, 4) is 5.75 Å². The van der Waals surface area contributed by atoms with Crippen molar-refractivity contribution in [3.05, 3.63) is 30.5 Å². The van der Waals surface area contributed by atoms with Crippen molar-refractivity contribution < 1.29 is 17.9 Å². The summed E-state index contributed by atoms with van der Waals surface area (Å²) in [6.07, 6.45) is -1.07. The maximum Gasteiger partial charge on any atom is 0.389 e. The number of anilines is 1. The summed E-state index contributed by atoms with van der Waals surface area (Å²) in [5, 5.41) is 0. The molecule has 1 saturated heterocycles. The Bertz CT molecular complexity index is 945. The predicted molar refractivity (Wildman–Crippen MR) is 97.3 cm³/mol. The van der Waals surface area contributed by atoms with E-state index in [1.165, 1.54) is 0 Å². The highest BCUT2D eigenvalue weighted by atomic mass is 19.4. The number of alkyl halides is 3. The Morgan fingerprint density at radius 1 is 1.15 bits per heavy atom. The van der Waals surface area contributed by atoms with Crippen LogP contribution in [-0.4, -0.2) is 40.7 Å². The fraction of sp³-hybridized carbons (Fsp3) is 0.474. The predicted octanol–water partition coefficient (Wildman–Crippen LogP) is 4.45. The van der Waals surface area contributed by atoms with Crippen LogP contribution in [0.5, 0.6) is 5.75 Å². The van der Waals surface area contributed by atoms with E-state index in [1.54, 1.807) is 7.11 Å². The van der Waals surface area contributed by atoms with Gasteiger partial charge in [-0.1, -0.05) is 0 Å². The van der Waals surface area contributed by atoms with E-state index in [9.17, 15) is 13.2 Å². The van der Waals surface area contributed by atoms with Crippen LogP contribution in [0.2, 0.25) is 0 Å². The lowest BCUT2D eigenvalue weighted by atomic mass is 9.92.